The summed E-state index contributed by atoms with van der Waals surface area (Å²) in [6.07, 6.45) is 3.73. The number of aliphatic hydroxyl groups is 1. The Kier molecular flexibility index (Phi) is 4.65. The number of anilines is 1. The predicted molar refractivity (Wildman–Crippen MR) is 80.9 cm³/mol. The maximum absolute atomic E-state index is 12.2. The van der Waals surface area contributed by atoms with E-state index in [0.717, 1.165) is 24.9 Å². The molecule has 2 unspecified atom stereocenters. The minimum absolute atomic E-state index is 0.137. The van der Waals surface area contributed by atoms with E-state index in [1.807, 2.05) is 18.2 Å². The number of rotatable bonds is 4. The lowest BCUT2D eigenvalue weighted by Crippen LogP contribution is -2.45. The Labute approximate surface area is 120 Å². The molecule has 2 rings (SSSR count). The summed E-state index contributed by atoms with van der Waals surface area (Å²) in [4.78, 5) is 12.2. The zero-order chi connectivity index (χ0) is 14.6. The molecule has 20 heavy (non-hydrogen) atoms. The van der Waals surface area contributed by atoms with E-state index in [9.17, 15) is 9.90 Å². The SMILES string of the molecule is CNc1ccccc1C(=O)NCC1(O)CCCC(C)C1. The van der Waals surface area contributed by atoms with E-state index in [1.165, 1.54) is 6.42 Å². The fourth-order valence-electron chi connectivity index (χ4n) is 3.03. The van der Waals surface area contributed by atoms with Crippen molar-refractivity contribution in [1.82, 2.24) is 5.32 Å². The second-order valence-corrected chi connectivity index (χ2v) is 5.90. The molecule has 110 valence electrons. The van der Waals surface area contributed by atoms with Crippen molar-refractivity contribution < 1.29 is 9.90 Å². The van der Waals surface area contributed by atoms with Crippen LogP contribution in [0.15, 0.2) is 24.3 Å². The predicted octanol–water partition coefficient (Wildman–Crippen LogP) is 2.40. The number of carbonyl (C=O) groups is 1. The molecule has 0 bridgehead atoms. The second-order valence-electron chi connectivity index (χ2n) is 5.90. The summed E-state index contributed by atoms with van der Waals surface area (Å²) in [6, 6.07) is 7.38. The molecule has 1 fully saturated rings. The Morgan fingerprint density at radius 2 is 2.20 bits per heavy atom. The van der Waals surface area contributed by atoms with Crippen molar-refractivity contribution in [1.29, 1.82) is 0 Å². The zero-order valence-corrected chi connectivity index (χ0v) is 12.3. The Balaban J connectivity index is 1.98. The fraction of sp³-hybridized carbons (Fsp3) is 0.562. The molecule has 1 aliphatic rings. The lowest BCUT2D eigenvalue weighted by atomic mass is 9.79. The van der Waals surface area contributed by atoms with Gasteiger partial charge in [-0.2, -0.15) is 0 Å². The third kappa shape index (κ3) is 3.51. The van der Waals surface area contributed by atoms with Gasteiger partial charge in [0, 0.05) is 19.3 Å². The van der Waals surface area contributed by atoms with Crippen molar-refractivity contribution >= 4 is 11.6 Å². The topological polar surface area (TPSA) is 61.4 Å². The summed E-state index contributed by atoms with van der Waals surface area (Å²) >= 11 is 0. The van der Waals surface area contributed by atoms with Crippen LogP contribution in [-0.2, 0) is 0 Å². The van der Waals surface area contributed by atoms with Crippen molar-refractivity contribution in [2.75, 3.05) is 18.9 Å². The standard InChI is InChI=1S/C16H24N2O2/c1-12-6-5-9-16(20,10-12)11-18-15(19)13-7-3-4-8-14(13)17-2/h3-4,7-8,12,17,20H,5-6,9-11H2,1-2H3,(H,18,19). The molecular formula is C16H24N2O2. The highest BCUT2D eigenvalue weighted by Gasteiger charge is 2.33. The molecule has 0 heterocycles. The van der Waals surface area contributed by atoms with E-state index in [0.29, 0.717) is 18.0 Å². The van der Waals surface area contributed by atoms with Crippen LogP contribution in [-0.4, -0.2) is 30.2 Å². The summed E-state index contributed by atoms with van der Waals surface area (Å²) in [5, 5.41) is 16.4. The maximum atomic E-state index is 12.2. The molecule has 0 radical (unpaired) electrons. The van der Waals surface area contributed by atoms with Crippen LogP contribution < -0.4 is 10.6 Å². The molecule has 0 saturated heterocycles. The van der Waals surface area contributed by atoms with Crippen LogP contribution in [0.1, 0.15) is 43.0 Å². The van der Waals surface area contributed by atoms with Crippen LogP contribution in [0, 0.1) is 5.92 Å². The largest absolute Gasteiger partial charge is 0.388 e. The van der Waals surface area contributed by atoms with E-state index < -0.39 is 5.60 Å². The third-order valence-electron chi connectivity index (χ3n) is 4.09. The molecule has 4 nitrogen and oxygen atoms in total. The first-order valence-corrected chi connectivity index (χ1v) is 7.31. The number of hydrogen-bond donors (Lipinski definition) is 3. The maximum Gasteiger partial charge on any atom is 0.253 e. The van der Waals surface area contributed by atoms with Gasteiger partial charge in [0.1, 0.15) is 0 Å². The summed E-state index contributed by atoms with van der Waals surface area (Å²) < 4.78 is 0. The van der Waals surface area contributed by atoms with E-state index >= 15 is 0 Å². The van der Waals surface area contributed by atoms with Crippen molar-refractivity contribution in [3.63, 3.8) is 0 Å². The second kappa shape index (κ2) is 6.27. The number of carbonyl (C=O) groups excluding carboxylic acids is 1. The number of para-hydroxylation sites is 1. The fourth-order valence-corrected chi connectivity index (χ4v) is 3.03. The van der Waals surface area contributed by atoms with Gasteiger partial charge in [-0.05, 0) is 30.9 Å². The van der Waals surface area contributed by atoms with Crippen molar-refractivity contribution in [3.05, 3.63) is 29.8 Å². The highest BCUT2D eigenvalue weighted by Crippen LogP contribution is 2.31. The van der Waals surface area contributed by atoms with Crippen molar-refractivity contribution in [2.45, 2.75) is 38.2 Å². The molecule has 3 N–H and O–H groups in total. The van der Waals surface area contributed by atoms with E-state index in [1.54, 1.807) is 13.1 Å². The van der Waals surface area contributed by atoms with Gasteiger partial charge in [-0.3, -0.25) is 4.79 Å². The van der Waals surface area contributed by atoms with E-state index in [2.05, 4.69) is 17.6 Å². The van der Waals surface area contributed by atoms with Gasteiger partial charge >= 0.3 is 0 Å². The normalized spacial score (nSPS) is 26.1. The Morgan fingerprint density at radius 3 is 2.90 bits per heavy atom. The first kappa shape index (κ1) is 14.9. The van der Waals surface area contributed by atoms with Crippen LogP contribution in [0.25, 0.3) is 0 Å². The molecule has 0 aliphatic heterocycles. The quantitative estimate of drug-likeness (QED) is 0.791. The molecule has 1 aromatic carbocycles. The summed E-state index contributed by atoms with van der Waals surface area (Å²) in [5.41, 5.74) is 0.665. The highest BCUT2D eigenvalue weighted by atomic mass is 16.3. The van der Waals surface area contributed by atoms with Gasteiger partial charge in [0.05, 0.1) is 11.2 Å². The van der Waals surface area contributed by atoms with Gasteiger partial charge in [0.2, 0.25) is 0 Å². The Morgan fingerprint density at radius 1 is 1.45 bits per heavy atom. The smallest absolute Gasteiger partial charge is 0.253 e. The lowest BCUT2D eigenvalue weighted by molar-refractivity contribution is -0.0109. The molecule has 0 spiro atoms. The van der Waals surface area contributed by atoms with Gasteiger partial charge in [0.15, 0.2) is 0 Å². The third-order valence-corrected chi connectivity index (χ3v) is 4.09. The highest BCUT2D eigenvalue weighted by molar-refractivity contribution is 5.99. The van der Waals surface area contributed by atoms with E-state index in [4.69, 9.17) is 0 Å². The summed E-state index contributed by atoms with van der Waals surface area (Å²) in [5.74, 6) is 0.386. The van der Waals surface area contributed by atoms with Gasteiger partial charge in [-0.15, -0.1) is 0 Å². The van der Waals surface area contributed by atoms with Gasteiger partial charge in [-0.1, -0.05) is 31.9 Å². The molecule has 1 aliphatic carbocycles. The van der Waals surface area contributed by atoms with E-state index in [-0.39, 0.29) is 5.91 Å². The number of amides is 1. The van der Waals surface area contributed by atoms with Crippen LogP contribution in [0.3, 0.4) is 0 Å². The lowest BCUT2D eigenvalue weighted by Gasteiger charge is -2.35. The molecule has 0 aromatic heterocycles. The van der Waals surface area contributed by atoms with Gasteiger partial charge in [-0.25, -0.2) is 0 Å². The zero-order valence-electron chi connectivity index (χ0n) is 12.3. The van der Waals surface area contributed by atoms with Crippen LogP contribution in [0.4, 0.5) is 5.69 Å². The average Bonchev–Trinajstić information content (AvgIpc) is 2.44. The van der Waals surface area contributed by atoms with Crippen LogP contribution >= 0.6 is 0 Å². The number of hydrogen-bond acceptors (Lipinski definition) is 3. The monoisotopic (exact) mass is 276 g/mol. The molecule has 4 heteroatoms. The minimum atomic E-state index is -0.748. The minimum Gasteiger partial charge on any atom is -0.388 e. The first-order chi connectivity index (χ1) is 9.54. The van der Waals surface area contributed by atoms with Crippen molar-refractivity contribution in [3.8, 4) is 0 Å². The Bertz CT molecular complexity index is 475. The molecule has 1 amide bonds. The van der Waals surface area contributed by atoms with Gasteiger partial charge < -0.3 is 15.7 Å². The first-order valence-electron chi connectivity index (χ1n) is 7.31. The molecule has 1 aromatic rings. The van der Waals surface area contributed by atoms with Crippen molar-refractivity contribution in [2.24, 2.45) is 5.92 Å². The molecule has 2 atom stereocenters. The average molecular weight is 276 g/mol. The van der Waals surface area contributed by atoms with Crippen LogP contribution in [0.5, 0.6) is 0 Å². The van der Waals surface area contributed by atoms with Gasteiger partial charge in [0.25, 0.3) is 5.91 Å². The number of nitrogens with one attached hydrogen (secondary N) is 2. The van der Waals surface area contributed by atoms with Crippen LogP contribution in [0.2, 0.25) is 0 Å². The Hall–Kier alpha value is -1.55. The summed E-state index contributed by atoms with van der Waals surface area (Å²) in [6.45, 7) is 2.48. The summed E-state index contributed by atoms with van der Waals surface area (Å²) in [7, 11) is 1.79. The molecule has 1 saturated carbocycles. The molecular weight excluding hydrogens is 252 g/mol. The number of benzene rings is 1.